The van der Waals surface area contributed by atoms with Crippen LogP contribution in [0.2, 0.25) is 0 Å². The molecule has 1 saturated heterocycles. The third-order valence-corrected chi connectivity index (χ3v) is 4.41. The van der Waals surface area contributed by atoms with Gasteiger partial charge >= 0.3 is 0 Å². The van der Waals surface area contributed by atoms with E-state index < -0.39 is 0 Å². The van der Waals surface area contributed by atoms with E-state index in [1.54, 1.807) is 0 Å². The topological polar surface area (TPSA) is 46.6 Å². The van der Waals surface area contributed by atoms with Crippen molar-refractivity contribution in [3.8, 4) is 0 Å². The molecule has 4 heteroatoms. The molecule has 0 radical (unpaired) electrons. The standard InChI is InChI=1S/C20H23NO3/c1-14-12-21(13-15(2)24-14)20(23)10-9-19(22)18-8-7-16-5-3-4-6-17(16)11-18/h3-8,11,14-15H,9-10,12-13H2,1-2H3/t14-,15-/m0/s1. The van der Waals surface area contributed by atoms with Crippen molar-refractivity contribution in [3.63, 3.8) is 0 Å². The Labute approximate surface area is 142 Å². The van der Waals surface area contributed by atoms with Crippen LogP contribution in [-0.2, 0) is 9.53 Å². The molecule has 0 aliphatic carbocycles. The fourth-order valence-corrected chi connectivity index (χ4v) is 3.27. The van der Waals surface area contributed by atoms with E-state index in [2.05, 4.69) is 0 Å². The molecule has 0 aromatic heterocycles. The van der Waals surface area contributed by atoms with Crippen LogP contribution >= 0.6 is 0 Å². The molecule has 0 N–H and O–H groups in total. The average Bonchev–Trinajstić information content (AvgIpc) is 2.58. The van der Waals surface area contributed by atoms with Crippen molar-refractivity contribution < 1.29 is 14.3 Å². The number of ether oxygens (including phenoxy) is 1. The second-order valence-electron chi connectivity index (χ2n) is 6.54. The largest absolute Gasteiger partial charge is 0.372 e. The number of carbonyl (C=O) groups is 2. The number of fused-ring (bicyclic) bond motifs is 1. The average molecular weight is 325 g/mol. The van der Waals surface area contributed by atoms with Crippen molar-refractivity contribution in [2.45, 2.75) is 38.9 Å². The minimum absolute atomic E-state index is 0.0171. The van der Waals surface area contributed by atoms with E-state index >= 15 is 0 Å². The third-order valence-electron chi connectivity index (χ3n) is 4.41. The third kappa shape index (κ3) is 3.82. The number of rotatable bonds is 4. The summed E-state index contributed by atoms with van der Waals surface area (Å²) in [5.41, 5.74) is 0.671. The van der Waals surface area contributed by atoms with Crippen LogP contribution in [0.3, 0.4) is 0 Å². The highest BCUT2D eigenvalue weighted by Crippen LogP contribution is 2.18. The van der Waals surface area contributed by atoms with Gasteiger partial charge in [0.2, 0.25) is 5.91 Å². The Kier molecular flexibility index (Phi) is 4.95. The summed E-state index contributed by atoms with van der Waals surface area (Å²) in [6.07, 6.45) is 0.602. The quantitative estimate of drug-likeness (QED) is 0.809. The highest BCUT2D eigenvalue weighted by molar-refractivity contribution is 6.01. The SMILES string of the molecule is C[C@H]1CN(C(=O)CCC(=O)c2ccc3ccccc3c2)C[C@H](C)O1. The van der Waals surface area contributed by atoms with Gasteiger partial charge in [-0.3, -0.25) is 9.59 Å². The Balaban J connectivity index is 1.60. The molecule has 3 rings (SSSR count). The summed E-state index contributed by atoms with van der Waals surface area (Å²) < 4.78 is 5.64. The Morgan fingerprint density at radius 1 is 1.00 bits per heavy atom. The number of amides is 1. The molecule has 1 fully saturated rings. The van der Waals surface area contributed by atoms with Crippen LogP contribution in [0.5, 0.6) is 0 Å². The second-order valence-corrected chi connectivity index (χ2v) is 6.54. The van der Waals surface area contributed by atoms with Gasteiger partial charge in [0, 0.05) is 31.5 Å². The monoisotopic (exact) mass is 325 g/mol. The van der Waals surface area contributed by atoms with E-state index in [0.29, 0.717) is 18.7 Å². The van der Waals surface area contributed by atoms with Crippen LogP contribution < -0.4 is 0 Å². The minimum Gasteiger partial charge on any atom is -0.372 e. The first kappa shape index (κ1) is 16.7. The summed E-state index contributed by atoms with van der Waals surface area (Å²) >= 11 is 0. The molecule has 0 bridgehead atoms. The normalized spacial score (nSPS) is 21.0. The van der Waals surface area contributed by atoms with E-state index in [4.69, 9.17) is 4.74 Å². The van der Waals surface area contributed by atoms with Crippen molar-refractivity contribution in [1.29, 1.82) is 0 Å². The van der Waals surface area contributed by atoms with E-state index in [9.17, 15) is 9.59 Å². The molecule has 126 valence electrons. The Hall–Kier alpha value is -2.20. The lowest BCUT2D eigenvalue weighted by atomic mass is 10.0. The number of ketones is 1. The van der Waals surface area contributed by atoms with Crippen molar-refractivity contribution >= 4 is 22.5 Å². The van der Waals surface area contributed by atoms with E-state index in [1.807, 2.05) is 61.2 Å². The summed E-state index contributed by atoms with van der Waals surface area (Å²) in [5, 5.41) is 2.16. The summed E-state index contributed by atoms with van der Waals surface area (Å²) in [4.78, 5) is 26.6. The minimum atomic E-state index is 0.0171. The van der Waals surface area contributed by atoms with Gasteiger partial charge in [-0.2, -0.15) is 0 Å². The fraction of sp³-hybridized carbons (Fsp3) is 0.400. The molecule has 0 unspecified atom stereocenters. The van der Waals surface area contributed by atoms with Crippen molar-refractivity contribution in [2.75, 3.05) is 13.1 Å². The maximum Gasteiger partial charge on any atom is 0.223 e. The van der Waals surface area contributed by atoms with Crippen LogP contribution in [0.25, 0.3) is 10.8 Å². The van der Waals surface area contributed by atoms with Gasteiger partial charge in [-0.1, -0.05) is 36.4 Å². The highest BCUT2D eigenvalue weighted by atomic mass is 16.5. The first-order valence-electron chi connectivity index (χ1n) is 8.48. The predicted octanol–water partition coefficient (Wildman–Crippen LogP) is 3.44. The lowest BCUT2D eigenvalue weighted by Crippen LogP contribution is -2.48. The maximum atomic E-state index is 12.4. The number of hydrogen-bond donors (Lipinski definition) is 0. The van der Waals surface area contributed by atoms with Crippen LogP contribution in [0, 0.1) is 0 Å². The van der Waals surface area contributed by atoms with Gasteiger partial charge in [0.25, 0.3) is 0 Å². The molecule has 24 heavy (non-hydrogen) atoms. The van der Waals surface area contributed by atoms with Gasteiger partial charge in [-0.25, -0.2) is 0 Å². The van der Waals surface area contributed by atoms with Crippen molar-refractivity contribution in [2.24, 2.45) is 0 Å². The molecule has 0 spiro atoms. The summed E-state index contributed by atoms with van der Waals surface area (Å²) in [6.45, 7) is 5.15. The molecule has 2 atom stereocenters. The molecule has 1 aliphatic rings. The predicted molar refractivity (Wildman–Crippen MR) is 94.1 cm³/mol. The lowest BCUT2D eigenvalue weighted by molar-refractivity contribution is -0.143. The van der Waals surface area contributed by atoms with Crippen LogP contribution in [-0.4, -0.2) is 41.9 Å². The van der Waals surface area contributed by atoms with Crippen molar-refractivity contribution in [3.05, 3.63) is 48.0 Å². The number of benzene rings is 2. The summed E-state index contributed by atoms with van der Waals surface area (Å²) in [6, 6.07) is 13.7. The summed E-state index contributed by atoms with van der Waals surface area (Å²) in [7, 11) is 0. The van der Waals surface area contributed by atoms with Crippen LogP contribution in [0.1, 0.15) is 37.0 Å². The molecule has 0 saturated carbocycles. The van der Waals surface area contributed by atoms with E-state index in [1.165, 1.54) is 0 Å². The van der Waals surface area contributed by atoms with Gasteiger partial charge in [0.15, 0.2) is 5.78 Å². The molecule has 2 aromatic carbocycles. The number of nitrogens with zero attached hydrogens (tertiary/aromatic N) is 1. The number of hydrogen-bond acceptors (Lipinski definition) is 3. The second kappa shape index (κ2) is 7.14. The van der Waals surface area contributed by atoms with Crippen molar-refractivity contribution in [1.82, 2.24) is 4.90 Å². The fourth-order valence-electron chi connectivity index (χ4n) is 3.27. The molecule has 2 aromatic rings. The van der Waals surface area contributed by atoms with E-state index in [0.717, 1.165) is 10.8 Å². The Morgan fingerprint density at radius 3 is 2.38 bits per heavy atom. The molecule has 1 heterocycles. The molecule has 1 amide bonds. The number of Topliss-reactive ketones (excluding diaryl/α,β-unsaturated/α-hetero) is 1. The Bertz CT molecular complexity index is 745. The zero-order chi connectivity index (χ0) is 17.1. The van der Waals surface area contributed by atoms with E-state index in [-0.39, 0.29) is 36.7 Å². The smallest absolute Gasteiger partial charge is 0.223 e. The first-order chi connectivity index (χ1) is 11.5. The Morgan fingerprint density at radius 2 is 1.67 bits per heavy atom. The molecule has 1 aliphatic heterocycles. The van der Waals surface area contributed by atoms with Gasteiger partial charge in [0.05, 0.1) is 12.2 Å². The lowest BCUT2D eigenvalue weighted by Gasteiger charge is -2.35. The highest BCUT2D eigenvalue weighted by Gasteiger charge is 2.25. The van der Waals surface area contributed by atoms with Gasteiger partial charge in [-0.05, 0) is 30.7 Å². The van der Waals surface area contributed by atoms with Gasteiger partial charge in [-0.15, -0.1) is 0 Å². The molecular weight excluding hydrogens is 302 g/mol. The number of morpholine rings is 1. The first-order valence-corrected chi connectivity index (χ1v) is 8.48. The van der Waals surface area contributed by atoms with Gasteiger partial charge < -0.3 is 9.64 Å². The zero-order valence-corrected chi connectivity index (χ0v) is 14.2. The zero-order valence-electron chi connectivity index (χ0n) is 14.2. The van der Waals surface area contributed by atoms with Gasteiger partial charge in [0.1, 0.15) is 0 Å². The number of carbonyl (C=O) groups excluding carboxylic acids is 2. The maximum absolute atomic E-state index is 12.4. The molecule has 4 nitrogen and oxygen atoms in total. The van der Waals surface area contributed by atoms with Crippen LogP contribution in [0.15, 0.2) is 42.5 Å². The molecular formula is C20H23NO3. The van der Waals surface area contributed by atoms with Crippen LogP contribution in [0.4, 0.5) is 0 Å². The summed E-state index contributed by atoms with van der Waals surface area (Å²) in [5.74, 6) is 0.0506.